The summed E-state index contributed by atoms with van der Waals surface area (Å²) in [6, 6.07) is 10.7. The van der Waals surface area contributed by atoms with Crippen LogP contribution < -0.4 is 20.5 Å². The highest BCUT2D eigenvalue weighted by molar-refractivity contribution is 5.84. The van der Waals surface area contributed by atoms with E-state index in [1.54, 1.807) is 27.5 Å². The fourth-order valence-corrected chi connectivity index (χ4v) is 5.25. The molecule has 0 spiro atoms. The standard InChI is InChI=1S/C19H20N2O2.C14H22N2O.C2H6.CH5N/c1-12-5-6-14(7-13(12)2)8-16-15-9-18(22-3)19(23-4)10-17(15)21-11-20-16;1-12(17)15-14-7-9-16(10-8-14)11-13-5-3-2-4-6-13;2*1-2/h5-7,9-11H,8H2,1-4H3;3,5-6,14H,2,4,7-11H2,1H3,(H,15,17);1-2H3;2H2,1H3. The SMILES string of the molecule is CC.CC(=O)NC1CCN(CC2=CCCC=C2)CC1.CN.COc1cc2ncnc(Cc3ccc(C)c(C)c3)c2cc1OC. The number of benzene rings is 2. The molecule has 0 bridgehead atoms. The van der Waals surface area contributed by atoms with Crippen LogP contribution in [0.2, 0.25) is 0 Å². The maximum absolute atomic E-state index is 11.0. The number of rotatable bonds is 7. The monoisotopic (exact) mass is 603 g/mol. The van der Waals surface area contributed by atoms with Crippen molar-refractivity contribution in [3.8, 4) is 11.5 Å². The maximum Gasteiger partial charge on any atom is 0.217 e. The van der Waals surface area contributed by atoms with Gasteiger partial charge in [-0.15, -0.1) is 0 Å². The van der Waals surface area contributed by atoms with Crippen molar-refractivity contribution in [2.45, 2.75) is 72.8 Å². The fourth-order valence-electron chi connectivity index (χ4n) is 5.25. The molecule has 8 nitrogen and oxygen atoms in total. The van der Waals surface area contributed by atoms with Crippen molar-refractivity contribution >= 4 is 16.8 Å². The highest BCUT2D eigenvalue weighted by Crippen LogP contribution is 2.32. The number of aromatic nitrogens is 2. The van der Waals surface area contributed by atoms with Gasteiger partial charge in [-0.3, -0.25) is 9.69 Å². The van der Waals surface area contributed by atoms with E-state index in [0.29, 0.717) is 17.5 Å². The third-order valence-electron chi connectivity index (χ3n) is 7.64. The number of nitrogens with zero attached hydrogens (tertiary/aromatic N) is 3. The number of allylic oxidation sites excluding steroid dienone is 2. The lowest BCUT2D eigenvalue weighted by atomic mass is 10.0. The van der Waals surface area contributed by atoms with E-state index < -0.39 is 0 Å². The molecule has 2 aliphatic rings. The first kappa shape index (κ1) is 36.4. The molecule has 0 unspecified atom stereocenters. The number of piperidine rings is 1. The van der Waals surface area contributed by atoms with Gasteiger partial charge in [0, 0.05) is 50.5 Å². The van der Waals surface area contributed by atoms with E-state index in [-0.39, 0.29) is 5.91 Å². The van der Waals surface area contributed by atoms with Gasteiger partial charge in [0.2, 0.25) is 5.91 Å². The average molecular weight is 604 g/mol. The molecule has 1 fully saturated rings. The second-order valence-electron chi connectivity index (χ2n) is 10.6. The number of fused-ring (bicyclic) bond motifs is 1. The molecule has 0 radical (unpaired) electrons. The average Bonchev–Trinajstić information content (AvgIpc) is 3.05. The zero-order valence-electron chi connectivity index (χ0n) is 28.1. The second kappa shape index (κ2) is 19.5. The Hall–Kier alpha value is -3.75. The highest BCUT2D eigenvalue weighted by atomic mass is 16.5. The normalized spacial score (nSPS) is 14.5. The third-order valence-corrected chi connectivity index (χ3v) is 7.64. The molecule has 44 heavy (non-hydrogen) atoms. The number of likely N-dealkylation sites (tertiary alicyclic amines) is 1. The number of methoxy groups -OCH3 is 2. The van der Waals surface area contributed by atoms with Crippen LogP contribution in [0, 0.1) is 13.8 Å². The molecule has 2 heterocycles. The molecule has 1 saturated heterocycles. The van der Waals surface area contributed by atoms with E-state index in [0.717, 1.165) is 55.5 Å². The molecule has 8 heteroatoms. The van der Waals surface area contributed by atoms with E-state index >= 15 is 0 Å². The lowest BCUT2D eigenvalue weighted by Crippen LogP contribution is -2.44. The minimum absolute atomic E-state index is 0.0985. The smallest absolute Gasteiger partial charge is 0.217 e. The van der Waals surface area contributed by atoms with Crippen LogP contribution in [0.15, 0.2) is 60.5 Å². The largest absolute Gasteiger partial charge is 0.493 e. The van der Waals surface area contributed by atoms with Crippen LogP contribution in [0.1, 0.15) is 68.8 Å². The summed E-state index contributed by atoms with van der Waals surface area (Å²) in [4.78, 5) is 22.3. The lowest BCUT2D eigenvalue weighted by molar-refractivity contribution is -0.119. The first-order valence-corrected chi connectivity index (χ1v) is 15.7. The lowest BCUT2D eigenvalue weighted by Gasteiger charge is -2.32. The van der Waals surface area contributed by atoms with E-state index in [4.69, 9.17) is 9.47 Å². The number of hydrogen-bond acceptors (Lipinski definition) is 7. The van der Waals surface area contributed by atoms with Gasteiger partial charge in [0.1, 0.15) is 6.33 Å². The summed E-state index contributed by atoms with van der Waals surface area (Å²) in [5, 5.41) is 4.00. The zero-order valence-corrected chi connectivity index (χ0v) is 28.1. The zero-order chi connectivity index (χ0) is 32.5. The van der Waals surface area contributed by atoms with Gasteiger partial charge in [-0.05, 0) is 74.9 Å². The van der Waals surface area contributed by atoms with Crippen molar-refractivity contribution in [1.82, 2.24) is 20.2 Å². The van der Waals surface area contributed by atoms with E-state index in [1.165, 1.54) is 42.2 Å². The molecular weight excluding hydrogens is 550 g/mol. The van der Waals surface area contributed by atoms with Crippen LogP contribution in [0.3, 0.4) is 0 Å². The van der Waals surface area contributed by atoms with Crippen LogP contribution in [0.25, 0.3) is 10.9 Å². The molecule has 1 aliphatic carbocycles. The number of aryl methyl sites for hydroxylation is 2. The molecule has 1 aromatic heterocycles. The Morgan fingerprint density at radius 3 is 2.25 bits per heavy atom. The van der Waals surface area contributed by atoms with Crippen molar-refractivity contribution in [3.05, 3.63) is 82.8 Å². The summed E-state index contributed by atoms with van der Waals surface area (Å²) in [6.07, 6.45) is 13.8. The fraction of sp³-hybridized carbons (Fsp3) is 0.472. The minimum Gasteiger partial charge on any atom is -0.493 e. The number of carbonyl (C=O) groups excluding carboxylic acids is 1. The molecule has 2 aromatic carbocycles. The molecule has 3 aromatic rings. The quantitative estimate of drug-likeness (QED) is 0.326. The van der Waals surface area contributed by atoms with E-state index in [1.807, 2.05) is 26.0 Å². The van der Waals surface area contributed by atoms with Gasteiger partial charge in [-0.1, -0.05) is 50.3 Å². The topological polar surface area (TPSA) is 103 Å². The molecule has 0 atom stereocenters. The first-order valence-electron chi connectivity index (χ1n) is 15.7. The number of hydrogen-bond donors (Lipinski definition) is 2. The molecule has 3 N–H and O–H groups in total. The molecule has 240 valence electrons. The first-order chi connectivity index (χ1) is 21.4. The Balaban J connectivity index is 0.000000286. The molecular formula is C36H53N5O3. The van der Waals surface area contributed by atoms with Crippen molar-refractivity contribution in [3.63, 3.8) is 0 Å². The Labute approximate surface area is 264 Å². The van der Waals surface area contributed by atoms with Crippen LogP contribution in [-0.2, 0) is 11.2 Å². The van der Waals surface area contributed by atoms with Gasteiger partial charge in [-0.25, -0.2) is 9.97 Å². The Morgan fingerprint density at radius 2 is 1.66 bits per heavy atom. The highest BCUT2D eigenvalue weighted by Gasteiger charge is 2.20. The molecule has 1 amide bonds. The van der Waals surface area contributed by atoms with E-state index in [9.17, 15) is 4.79 Å². The van der Waals surface area contributed by atoms with Gasteiger partial charge in [0.05, 0.1) is 25.4 Å². The predicted octanol–water partition coefficient (Wildman–Crippen LogP) is 6.32. The van der Waals surface area contributed by atoms with Crippen LogP contribution in [-0.4, -0.2) is 67.7 Å². The maximum atomic E-state index is 11.0. The number of nitrogens with two attached hydrogens (primary N) is 1. The van der Waals surface area contributed by atoms with E-state index in [2.05, 4.69) is 76.2 Å². The summed E-state index contributed by atoms with van der Waals surface area (Å²) in [6.45, 7) is 13.1. The number of ether oxygens (including phenoxy) is 2. The molecule has 1 aliphatic heterocycles. The van der Waals surface area contributed by atoms with Gasteiger partial charge >= 0.3 is 0 Å². The van der Waals surface area contributed by atoms with Crippen molar-refractivity contribution in [2.75, 3.05) is 40.9 Å². The summed E-state index contributed by atoms with van der Waals surface area (Å²) >= 11 is 0. The number of amides is 1. The summed E-state index contributed by atoms with van der Waals surface area (Å²) in [5.41, 5.74) is 11.6. The van der Waals surface area contributed by atoms with Crippen molar-refractivity contribution < 1.29 is 14.3 Å². The van der Waals surface area contributed by atoms with Gasteiger partial charge < -0.3 is 20.5 Å². The summed E-state index contributed by atoms with van der Waals surface area (Å²) in [5.74, 6) is 1.47. The Morgan fingerprint density at radius 1 is 0.977 bits per heavy atom. The third kappa shape index (κ3) is 11.1. The van der Waals surface area contributed by atoms with Crippen molar-refractivity contribution in [2.24, 2.45) is 5.73 Å². The summed E-state index contributed by atoms with van der Waals surface area (Å²) in [7, 11) is 4.76. The second-order valence-corrected chi connectivity index (χ2v) is 10.6. The van der Waals surface area contributed by atoms with Crippen LogP contribution >= 0.6 is 0 Å². The van der Waals surface area contributed by atoms with Gasteiger partial charge in [0.25, 0.3) is 0 Å². The minimum atomic E-state index is 0.0985. The van der Waals surface area contributed by atoms with Crippen molar-refractivity contribution in [1.29, 1.82) is 0 Å². The predicted molar refractivity (Wildman–Crippen MR) is 183 cm³/mol. The molecule has 5 rings (SSSR count). The molecule has 0 saturated carbocycles. The number of nitrogens with one attached hydrogen (secondary N) is 1. The van der Waals surface area contributed by atoms with Crippen LogP contribution in [0.4, 0.5) is 0 Å². The number of carbonyl (C=O) groups is 1. The summed E-state index contributed by atoms with van der Waals surface area (Å²) < 4.78 is 10.7. The van der Waals surface area contributed by atoms with Gasteiger partial charge in [0.15, 0.2) is 11.5 Å². The Bertz CT molecular complexity index is 1380. The van der Waals surface area contributed by atoms with Crippen LogP contribution in [0.5, 0.6) is 11.5 Å². The van der Waals surface area contributed by atoms with Gasteiger partial charge in [-0.2, -0.15) is 0 Å². The Kier molecular flexibility index (Phi) is 16.2.